The number of rotatable bonds is 5. The van der Waals surface area contributed by atoms with Crippen LogP contribution in [0.1, 0.15) is 19.2 Å². The summed E-state index contributed by atoms with van der Waals surface area (Å²) in [7, 11) is 0. The second-order valence-corrected chi connectivity index (χ2v) is 5.31. The number of nitrogens with zero attached hydrogens (tertiary/aromatic N) is 3. The molecule has 0 aliphatic heterocycles. The number of aryl methyl sites for hydroxylation is 1. The van der Waals surface area contributed by atoms with E-state index in [-0.39, 0.29) is 0 Å². The maximum absolute atomic E-state index is 8.59. The summed E-state index contributed by atoms with van der Waals surface area (Å²) in [6, 6.07) is 12.4. The maximum atomic E-state index is 8.59. The minimum absolute atomic E-state index is 0.454. The van der Waals surface area contributed by atoms with E-state index < -0.39 is 0 Å². The molecule has 0 aliphatic carbocycles. The summed E-state index contributed by atoms with van der Waals surface area (Å²) in [6.45, 7) is 2.14. The summed E-state index contributed by atoms with van der Waals surface area (Å²) in [6.07, 6.45) is 2.81. The SMILES string of the molecule is CCSc1ccc(-c2ccnc(CCC#N)n2)cc1. The summed E-state index contributed by atoms with van der Waals surface area (Å²) in [4.78, 5) is 9.94. The van der Waals surface area contributed by atoms with Gasteiger partial charge in [0.15, 0.2) is 0 Å². The molecule has 0 saturated carbocycles. The molecular weight excluding hydrogens is 254 g/mol. The van der Waals surface area contributed by atoms with Crippen LogP contribution in [0.15, 0.2) is 41.4 Å². The molecule has 0 fully saturated rings. The van der Waals surface area contributed by atoms with Crippen molar-refractivity contribution < 1.29 is 0 Å². The highest BCUT2D eigenvalue weighted by Crippen LogP contribution is 2.22. The molecule has 0 unspecified atom stereocenters. The number of benzene rings is 1. The standard InChI is InChI=1S/C15H15N3S/c1-2-19-13-7-5-12(6-8-13)14-9-11-17-15(18-14)4-3-10-16/h5-9,11H,2-4H2,1H3. The Morgan fingerprint density at radius 2 is 2.00 bits per heavy atom. The fraction of sp³-hybridized carbons (Fsp3) is 0.267. The molecule has 0 saturated heterocycles. The molecule has 0 amide bonds. The second-order valence-electron chi connectivity index (χ2n) is 3.97. The summed E-state index contributed by atoms with van der Waals surface area (Å²) in [5.74, 6) is 1.80. The molecule has 1 aromatic heterocycles. The molecule has 1 heterocycles. The van der Waals surface area contributed by atoms with Gasteiger partial charge in [0.2, 0.25) is 0 Å². The first-order chi connectivity index (χ1) is 9.33. The fourth-order valence-electron chi connectivity index (χ4n) is 1.74. The molecule has 0 aliphatic rings. The number of aromatic nitrogens is 2. The van der Waals surface area contributed by atoms with Gasteiger partial charge in [0.05, 0.1) is 11.8 Å². The molecule has 1 aromatic carbocycles. The molecule has 2 rings (SSSR count). The van der Waals surface area contributed by atoms with E-state index in [1.165, 1.54) is 4.90 Å². The van der Waals surface area contributed by atoms with Crippen LogP contribution in [0, 0.1) is 11.3 Å². The van der Waals surface area contributed by atoms with Gasteiger partial charge < -0.3 is 0 Å². The average Bonchev–Trinajstić information content (AvgIpc) is 2.46. The Kier molecular flexibility index (Phi) is 4.93. The summed E-state index contributed by atoms with van der Waals surface area (Å²) in [5.41, 5.74) is 2.00. The predicted molar refractivity (Wildman–Crippen MR) is 77.8 cm³/mol. The lowest BCUT2D eigenvalue weighted by Crippen LogP contribution is -1.95. The van der Waals surface area contributed by atoms with Crippen molar-refractivity contribution in [2.24, 2.45) is 0 Å². The molecule has 96 valence electrons. The molecular formula is C15H15N3S. The van der Waals surface area contributed by atoms with Gasteiger partial charge in [0.1, 0.15) is 5.82 Å². The van der Waals surface area contributed by atoms with Gasteiger partial charge in [-0.3, -0.25) is 0 Å². The van der Waals surface area contributed by atoms with E-state index in [1.807, 2.05) is 17.8 Å². The molecule has 3 nitrogen and oxygen atoms in total. The van der Waals surface area contributed by atoms with Gasteiger partial charge in [-0.2, -0.15) is 5.26 Å². The Balaban J connectivity index is 2.19. The smallest absolute Gasteiger partial charge is 0.129 e. The highest BCUT2D eigenvalue weighted by molar-refractivity contribution is 7.99. The van der Waals surface area contributed by atoms with Crippen molar-refractivity contribution in [2.75, 3.05) is 5.75 Å². The van der Waals surface area contributed by atoms with Crippen molar-refractivity contribution in [3.8, 4) is 17.3 Å². The lowest BCUT2D eigenvalue weighted by molar-refractivity contribution is 0.887. The number of hydrogen-bond acceptors (Lipinski definition) is 4. The van der Waals surface area contributed by atoms with Crippen LogP contribution >= 0.6 is 11.8 Å². The Morgan fingerprint density at radius 1 is 1.21 bits per heavy atom. The van der Waals surface area contributed by atoms with Gasteiger partial charge in [-0.15, -0.1) is 11.8 Å². The highest BCUT2D eigenvalue weighted by Gasteiger charge is 2.02. The largest absolute Gasteiger partial charge is 0.241 e. The molecule has 0 atom stereocenters. The Morgan fingerprint density at radius 3 is 2.68 bits per heavy atom. The van der Waals surface area contributed by atoms with Crippen molar-refractivity contribution in [3.63, 3.8) is 0 Å². The van der Waals surface area contributed by atoms with E-state index in [2.05, 4.69) is 47.2 Å². The summed E-state index contributed by atoms with van der Waals surface area (Å²) >= 11 is 1.82. The second kappa shape index (κ2) is 6.91. The van der Waals surface area contributed by atoms with Crippen LogP contribution in [0.3, 0.4) is 0 Å². The van der Waals surface area contributed by atoms with E-state index in [0.717, 1.165) is 22.8 Å². The number of hydrogen-bond donors (Lipinski definition) is 0. The monoisotopic (exact) mass is 269 g/mol. The third kappa shape index (κ3) is 3.80. The van der Waals surface area contributed by atoms with Crippen LogP contribution in [0.2, 0.25) is 0 Å². The lowest BCUT2D eigenvalue weighted by atomic mass is 10.1. The normalized spacial score (nSPS) is 10.1. The van der Waals surface area contributed by atoms with Crippen LogP contribution in [0.4, 0.5) is 0 Å². The first-order valence-electron chi connectivity index (χ1n) is 6.25. The predicted octanol–water partition coefficient (Wildman–Crippen LogP) is 3.71. The van der Waals surface area contributed by atoms with Crippen LogP contribution in [0.5, 0.6) is 0 Å². The molecule has 19 heavy (non-hydrogen) atoms. The Bertz CT molecular complexity index is 573. The van der Waals surface area contributed by atoms with Crippen molar-refractivity contribution in [3.05, 3.63) is 42.4 Å². The minimum atomic E-state index is 0.454. The van der Waals surface area contributed by atoms with Crippen LogP contribution in [-0.2, 0) is 6.42 Å². The first-order valence-corrected chi connectivity index (χ1v) is 7.24. The zero-order valence-corrected chi connectivity index (χ0v) is 11.7. The van der Waals surface area contributed by atoms with Gasteiger partial charge in [0.25, 0.3) is 0 Å². The van der Waals surface area contributed by atoms with E-state index >= 15 is 0 Å². The summed E-state index contributed by atoms with van der Waals surface area (Å²) < 4.78 is 0. The van der Waals surface area contributed by atoms with Gasteiger partial charge in [-0.05, 0) is 24.0 Å². The van der Waals surface area contributed by atoms with E-state index in [0.29, 0.717) is 12.8 Å². The zero-order chi connectivity index (χ0) is 13.5. The highest BCUT2D eigenvalue weighted by atomic mass is 32.2. The van der Waals surface area contributed by atoms with Crippen LogP contribution in [-0.4, -0.2) is 15.7 Å². The zero-order valence-electron chi connectivity index (χ0n) is 10.8. The third-order valence-corrected chi connectivity index (χ3v) is 3.52. The fourth-order valence-corrected chi connectivity index (χ4v) is 2.40. The van der Waals surface area contributed by atoms with Gasteiger partial charge in [-0.25, -0.2) is 9.97 Å². The van der Waals surface area contributed by atoms with Gasteiger partial charge in [-0.1, -0.05) is 19.1 Å². The summed E-state index contributed by atoms with van der Waals surface area (Å²) in [5, 5.41) is 8.59. The molecule has 0 spiro atoms. The number of thioether (sulfide) groups is 1. The van der Waals surface area contributed by atoms with Gasteiger partial charge >= 0.3 is 0 Å². The lowest BCUT2D eigenvalue weighted by Gasteiger charge is -2.04. The molecule has 0 bridgehead atoms. The number of nitriles is 1. The van der Waals surface area contributed by atoms with Crippen molar-refractivity contribution in [1.82, 2.24) is 9.97 Å². The molecule has 0 N–H and O–H groups in total. The van der Waals surface area contributed by atoms with Crippen LogP contribution < -0.4 is 0 Å². The first kappa shape index (κ1) is 13.6. The topological polar surface area (TPSA) is 49.6 Å². The van der Waals surface area contributed by atoms with Crippen molar-refractivity contribution in [2.45, 2.75) is 24.7 Å². The molecule has 2 aromatic rings. The Hall–Kier alpha value is -1.86. The molecule has 4 heteroatoms. The quantitative estimate of drug-likeness (QED) is 0.776. The maximum Gasteiger partial charge on any atom is 0.129 e. The van der Waals surface area contributed by atoms with E-state index in [4.69, 9.17) is 5.26 Å². The van der Waals surface area contributed by atoms with Crippen molar-refractivity contribution >= 4 is 11.8 Å². The van der Waals surface area contributed by atoms with Gasteiger partial charge in [0, 0.05) is 29.5 Å². The van der Waals surface area contributed by atoms with E-state index in [1.54, 1.807) is 6.20 Å². The third-order valence-electron chi connectivity index (χ3n) is 2.63. The average molecular weight is 269 g/mol. The molecule has 0 radical (unpaired) electrons. The Labute approximate surface area is 117 Å². The van der Waals surface area contributed by atoms with Crippen molar-refractivity contribution in [1.29, 1.82) is 5.26 Å². The van der Waals surface area contributed by atoms with Crippen LogP contribution in [0.25, 0.3) is 11.3 Å². The van der Waals surface area contributed by atoms with E-state index in [9.17, 15) is 0 Å². The minimum Gasteiger partial charge on any atom is -0.241 e.